The van der Waals surface area contributed by atoms with Gasteiger partial charge in [0.15, 0.2) is 5.76 Å². The van der Waals surface area contributed by atoms with Crippen LogP contribution < -0.4 is 5.32 Å². The Kier molecular flexibility index (Phi) is 9.01. The molecule has 2 N–H and O–H groups in total. The highest BCUT2D eigenvalue weighted by atomic mass is 19.4. The van der Waals surface area contributed by atoms with E-state index >= 15 is 0 Å². The van der Waals surface area contributed by atoms with Gasteiger partial charge in [-0.05, 0) is 48.0 Å². The van der Waals surface area contributed by atoms with Crippen LogP contribution in [0.15, 0.2) is 71.3 Å². The van der Waals surface area contributed by atoms with Crippen molar-refractivity contribution in [2.45, 2.75) is 12.7 Å². The van der Waals surface area contributed by atoms with Gasteiger partial charge in [-0.15, -0.1) is 0 Å². The molecule has 1 aliphatic rings. The number of halogens is 4. The molecule has 3 aromatic rings. The number of rotatable bonds is 5. The Morgan fingerprint density at radius 2 is 1.62 bits per heavy atom. The summed E-state index contributed by atoms with van der Waals surface area (Å²) in [6.45, 7) is 3.34. The number of aliphatic carboxylic acids is 1. The number of carboxylic acid groups (broad SMARTS) is 1. The zero-order chi connectivity index (χ0) is 27.0. The lowest BCUT2D eigenvalue weighted by atomic mass is 10.1. The van der Waals surface area contributed by atoms with Crippen molar-refractivity contribution in [3.63, 3.8) is 0 Å². The lowest BCUT2D eigenvalue weighted by Crippen LogP contribution is -2.48. The molecule has 0 saturated carbocycles. The van der Waals surface area contributed by atoms with Gasteiger partial charge in [0, 0.05) is 44.0 Å². The van der Waals surface area contributed by atoms with E-state index < -0.39 is 18.0 Å². The molecule has 1 aliphatic heterocycles. The summed E-state index contributed by atoms with van der Waals surface area (Å²) >= 11 is 0. The van der Waals surface area contributed by atoms with Crippen LogP contribution in [0.1, 0.15) is 26.5 Å². The van der Waals surface area contributed by atoms with Gasteiger partial charge in [-0.3, -0.25) is 14.5 Å². The topological polar surface area (TPSA) is 103 Å². The molecule has 2 aromatic carbocycles. The normalized spacial score (nSPS) is 13.9. The number of nitrogens with one attached hydrogen (secondary N) is 1. The van der Waals surface area contributed by atoms with E-state index in [1.54, 1.807) is 29.2 Å². The van der Waals surface area contributed by atoms with Gasteiger partial charge in [0.05, 0.1) is 6.26 Å². The summed E-state index contributed by atoms with van der Waals surface area (Å²) in [5.74, 6) is -3.33. The monoisotopic (exact) mass is 521 g/mol. The minimum Gasteiger partial charge on any atom is -0.475 e. The Hall–Kier alpha value is -4.19. The van der Waals surface area contributed by atoms with Gasteiger partial charge < -0.3 is 19.7 Å². The number of hydrogen-bond donors (Lipinski definition) is 2. The quantitative estimate of drug-likeness (QED) is 0.487. The van der Waals surface area contributed by atoms with Gasteiger partial charge in [0.1, 0.15) is 5.82 Å². The second-order valence-electron chi connectivity index (χ2n) is 8.01. The maximum Gasteiger partial charge on any atom is 0.490 e. The number of carboxylic acids is 1. The molecule has 8 nitrogen and oxygen atoms in total. The number of carbonyl (C=O) groups is 3. The third kappa shape index (κ3) is 8.17. The van der Waals surface area contributed by atoms with Crippen LogP contribution >= 0.6 is 0 Å². The van der Waals surface area contributed by atoms with Crippen LogP contribution in [0.2, 0.25) is 0 Å². The van der Waals surface area contributed by atoms with Crippen molar-refractivity contribution in [3.8, 4) is 0 Å². The Balaban J connectivity index is 0.000000479. The number of nitrogens with zero attached hydrogens (tertiary/aromatic N) is 2. The minimum absolute atomic E-state index is 0.142. The molecule has 0 bridgehead atoms. The first-order chi connectivity index (χ1) is 17.5. The smallest absolute Gasteiger partial charge is 0.475 e. The molecule has 2 heterocycles. The molecule has 0 spiro atoms. The highest BCUT2D eigenvalue weighted by Gasteiger charge is 2.38. The van der Waals surface area contributed by atoms with E-state index in [0.29, 0.717) is 30.9 Å². The molecule has 2 amide bonds. The molecule has 0 atom stereocenters. The molecule has 0 aliphatic carbocycles. The first-order valence-corrected chi connectivity index (χ1v) is 11.0. The van der Waals surface area contributed by atoms with E-state index in [-0.39, 0.29) is 17.6 Å². The Morgan fingerprint density at radius 1 is 0.946 bits per heavy atom. The molecule has 4 rings (SSSR count). The Labute approximate surface area is 209 Å². The number of piperazine rings is 1. The van der Waals surface area contributed by atoms with Crippen molar-refractivity contribution < 1.29 is 41.5 Å². The number of furan rings is 1. The lowest BCUT2D eigenvalue weighted by molar-refractivity contribution is -0.192. The second-order valence-corrected chi connectivity index (χ2v) is 8.01. The summed E-state index contributed by atoms with van der Waals surface area (Å²) < 4.78 is 50.2. The van der Waals surface area contributed by atoms with Gasteiger partial charge in [-0.25, -0.2) is 9.18 Å². The van der Waals surface area contributed by atoms with Crippen LogP contribution in [0.3, 0.4) is 0 Å². The van der Waals surface area contributed by atoms with E-state index in [9.17, 15) is 27.2 Å². The maximum absolute atomic E-state index is 13.4. The predicted molar refractivity (Wildman–Crippen MR) is 124 cm³/mol. The predicted octanol–water partition coefficient (Wildman–Crippen LogP) is 4.26. The van der Waals surface area contributed by atoms with Crippen LogP contribution in [-0.4, -0.2) is 65.0 Å². The summed E-state index contributed by atoms with van der Waals surface area (Å²) in [6.07, 6.45) is -3.62. The molecule has 37 heavy (non-hydrogen) atoms. The minimum atomic E-state index is -5.08. The number of carbonyl (C=O) groups excluding carboxylic acids is 2. The first-order valence-electron chi connectivity index (χ1n) is 11.0. The van der Waals surface area contributed by atoms with Gasteiger partial charge in [-0.2, -0.15) is 13.2 Å². The number of benzene rings is 2. The summed E-state index contributed by atoms with van der Waals surface area (Å²) in [6, 6.07) is 16.8. The van der Waals surface area contributed by atoms with Crippen LogP contribution in [0, 0.1) is 5.82 Å². The highest BCUT2D eigenvalue weighted by Crippen LogP contribution is 2.17. The van der Waals surface area contributed by atoms with Crippen LogP contribution in [0.5, 0.6) is 0 Å². The van der Waals surface area contributed by atoms with Crippen molar-refractivity contribution in [3.05, 3.63) is 89.6 Å². The van der Waals surface area contributed by atoms with Crippen molar-refractivity contribution >= 4 is 23.5 Å². The summed E-state index contributed by atoms with van der Waals surface area (Å²) in [5.41, 5.74) is 2.15. The van der Waals surface area contributed by atoms with Crippen molar-refractivity contribution in [2.24, 2.45) is 0 Å². The van der Waals surface area contributed by atoms with Gasteiger partial charge in [-0.1, -0.05) is 18.2 Å². The zero-order valence-corrected chi connectivity index (χ0v) is 19.4. The van der Waals surface area contributed by atoms with Crippen LogP contribution in [-0.2, 0) is 11.3 Å². The molecule has 1 aromatic heterocycles. The average molecular weight is 521 g/mol. The van der Waals surface area contributed by atoms with Crippen LogP contribution in [0.4, 0.5) is 23.2 Å². The zero-order valence-electron chi connectivity index (χ0n) is 19.4. The number of hydrogen-bond acceptors (Lipinski definition) is 5. The molecule has 12 heteroatoms. The lowest BCUT2D eigenvalue weighted by Gasteiger charge is -2.34. The first kappa shape index (κ1) is 27.4. The largest absolute Gasteiger partial charge is 0.490 e. The van der Waals surface area contributed by atoms with E-state index in [4.69, 9.17) is 14.3 Å². The molecular formula is C25H23F4N3O5. The molecule has 0 radical (unpaired) electrons. The highest BCUT2D eigenvalue weighted by molar-refractivity contribution is 6.02. The maximum atomic E-state index is 13.4. The second kappa shape index (κ2) is 12.2. The SMILES string of the molecule is O=C(Nc1cccc(CN2CCN(C(=O)c3cccc(F)c3)CC2)c1)c1ccco1.O=C(O)C(F)(F)F. The average Bonchev–Trinajstić information content (AvgIpc) is 3.40. The third-order valence-corrected chi connectivity index (χ3v) is 5.31. The molecular weight excluding hydrogens is 498 g/mol. The van der Waals surface area contributed by atoms with Crippen molar-refractivity contribution in [2.75, 3.05) is 31.5 Å². The Morgan fingerprint density at radius 3 is 2.22 bits per heavy atom. The van der Waals surface area contributed by atoms with Gasteiger partial charge >= 0.3 is 12.1 Å². The fourth-order valence-electron chi connectivity index (χ4n) is 3.52. The fraction of sp³-hybridized carbons (Fsp3) is 0.240. The van der Waals surface area contributed by atoms with E-state index in [0.717, 1.165) is 18.7 Å². The third-order valence-electron chi connectivity index (χ3n) is 5.31. The number of anilines is 1. The van der Waals surface area contributed by atoms with E-state index in [2.05, 4.69) is 10.2 Å². The van der Waals surface area contributed by atoms with E-state index in [1.807, 2.05) is 24.3 Å². The molecule has 0 unspecified atom stereocenters. The summed E-state index contributed by atoms with van der Waals surface area (Å²) in [5, 5.41) is 9.96. The number of amides is 2. The summed E-state index contributed by atoms with van der Waals surface area (Å²) in [4.78, 5) is 37.6. The number of alkyl halides is 3. The Bertz CT molecular complexity index is 1220. The van der Waals surface area contributed by atoms with Crippen LogP contribution in [0.25, 0.3) is 0 Å². The van der Waals surface area contributed by atoms with Crippen molar-refractivity contribution in [1.82, 2.24) is 9.80 Å². The standard InChI is InChI=1S/C23H22FN3O3.C2HF3O2/c24-19-6-2-5-18(15-19)23(29)27-11-9-26(10-12-27)16-17-4-1-7-20(14-17)25-22(28)21-8-3-13-30-21;3-2(4,5)1(6)7/h1-8,13-15H,9-12,16H2,(H,25,28);(H,6,7). The van der Waals surface area contributed by atoms with E-state index in [1.165, 1.54) is 18.4 Å². The molecule has 1 fully saturated rings. The van der Waals surface area contributed by atoms with Gasteiger partial charge in [0.2, 0.25) is 0 Å². The van der Waals surface area contributed by atoms with Crippen molar-refractivity contribution in [1.29, 1.82) is 0 Å². The molecule has 196 valence electrons. The summed E-state index contributed by atoms with van der Waals surface area (Å²) in [7, 11) is 0. The fourth-order valence-corrected chi connectivity index (χ4v) is 3.52. The van der Waals surface area contributed by atoms with Gasteiger partial charge in [0.25, 0.3) is 11.8 Å². The molecule has 1 saturated heterocycles.